The molecule has 6 rings (SSSR count). The lowest BCUT2D eigenvalue weighted by Gasteiger charge is -2.13. The lowest BCUT2D eigenvalue weighted by atomic mass is 10.0. The summed E-state index contributed by atoms with van der Waals surface area (Å²) in [6.45, 7) is -0.525. The average Bonchev–Trinajstić information content (AvgIpc) is 3.75. The smallest absolute Gasteiger partial charge is 0.322 e. The Kier molecular flexibility index (Phi) is 9.49. The topological polar surface area (TPSA) is 196 Å². The molecule has 0 radical (unpaired) electrons. The average molecular weight is 659 g/mol. The molecule has 5 aromatic rings. The number of aromatic nitrogens is 1. The number of anilines is 3. The molecule has 248 valence electrons. The molecule has 0 fully saturated rings. The molecule has 49 heavy (non-hydrogen) atoms. The van der Waals surface area contributed by atoms with Gasteiger partial charge in [-0.3, -0.25) is 24.0 Å². The molecule has 12 nitrogen and oxygen atoms in total. The van der Waals surface area contributed by atoms with E-state index >= 15 is 0 Å². The van der Waals surface area contributed by atoms with Gasteiger partial charge in [-0.15, -0.1) is 0 Å². The van der Waals surface area contributed by atoms with Gasteiger partial charge in [-0.05, 0) is 97.0 Å². The van der Waals surface area contributed by atoms with Gasteiger partial charge in [0.05, 0.1) is 6.04 Å². The number of hydrogen-bond donors (Lipinski definition) is 7. The van der Waals surface area contributed by atoms with Crippen molar-refractivity contribution in [3.63, 3.8) is 0 Å². The fraction of sp³-hybridized carbons (Fsp3) is 0.162. The summed E-state index contributed by atoms with van der Waals surface area (Å²) in [6, 6.07) is 25.2. The summed E-state index contributed by atoms with van der Waals surface area (Å²) in [5.41, 5.74) is 11.8. The minimum Gasteiger partial charge on any atom is -0.480 e. The summed E-state index contributed by atoms with van der Waals surface area (Å²) in [6.07, 6.45) is 3.20. The number of hydrogen-bond acceptors (Lipinski definition) is 6. The monoisotopic (exact) mass is 658 g/mol. The predicted octanol–water partition coefficient (Wildman–Crippen LogP) is 4.48. The summed E-state index contributed by atoms with van der Waals surface area (Å²) in [5, 5.41) is 20.4. The number of H-pyrrole nitrogens is 1. The molecule has 1 aromatic heterocycles. The Morgan fingerprint density at radius 1 is 0.714 bits per heavy atom. The van der Waals surface area contributed by atoms with Crippen LogP contribution in [0.1, 0.15) is 54.3 Å². The number of amides is 4. The molecule has 0 aliphatic heterocycles. The van der Waals surface area contributed by atoms with Gasteiger partial charge in [-0.1, -0.05) is 36.4 Å². The van der Waals surface area contributed by atoms with Gasteiger partial charge in [0.15, 0.2) is 0 Å². The quantitative estimate of drug-likeness (QED) is 0.109. The van der Waals surface area contributed by atoms with Crippen molar-refractivity contribution in [2.45, 2.75) is 31.7 Å². The van der Waals surface area contributed by atoms with Crippen molar-refractivity contribution in [1.82, 2.24) is 10.3 Å². The van der Waals surface area contributed by atoms with Crippen LogP contribution in [0.15, 0.2) is 91.0 Å². The molecule has 0 saturated carbocycles. The molecule has 0 saturated heterocycles. The summed E-state index contributed by atoms with van der Waals surface area (Å²) in [4.78, 5) is 66.1. The number of aromatic amines is 1. The Balaban J connectivity index is 1.20. The van der Waals surface area contributed by atoms with Gasteiger partial charge in [0, 0.05) is 39.1 Å². The van der Waals surface area contributed by atoms with Crippen LogP contribution in [-0.2, 0) is 28.9 Å². The summed E-state index contributed by atoms with van der Waals surface area (Å²) >= 11 is 0. The molecule has 0 spiro atoms. The lowest BCUT2D eigenvalue weighted by molar-refractivity contribution is -0.138. The highest BCUT2D eigenvalue weighted by Gasteiger charge is 2.19. The van der Waals surface area contributed by atoms with Gasteiger partial charge in [0.1, 0.15) is 12.2 Å². The maximum absolute atomic E-state index is 13.5. The number of rotatable bonds is 11. The third-order valence-corrected chi connectivity index (χ3v) is 8.26. The van der Waals surface area contributed by atoms with Crippen LogP contribution in [0, 0.1) is 0 Å². The van der Waals surface area contributed by atoms with Crippen molar-refractivity contribution in [2.75, 3.05) is 22.5 Å². The number of nitrogens with one attached hydrogen (secondary N) is 5. The predicted molar refractivity (Wildman–Crippen MR) is 186 cm³/mol. The number of aryl methyl sites for hydroxylation is 2. The van der Waals surface area contributed by atoms with Gasteiger partial charge in [0.25, 0.3) is 17.7 Å². The number of benzene rings is 4. The van der Waals surface area contributed by atoms with Crippen molar-refractivity contribution in [2.24, 2.45) is 5.73 Å². The molecule has 1 atom stereocenters. The molecule has 0 bridgehead atoms. The second-order valence-corrected chi connectivity index (χ2v) is 11.9. The van der Waals surface area contributed by atoms with Crippen LogP contribution in [-0.4, -0.2) is 52.3 Å². The number of para-hydroxylation sites is 1. The fourth-order valence-corrected chi connectivity index (χ4v) is 5.78. The van der Waals surface area contributed by atoms with Gasteiger partial charge >= 0.3 is 5.97 Å². The van der Waals surface area contributed by atoms with E-state index in [2.05, 4.69) is 26.3 Å². The van der Waals surface area contributed by atoms with Crippen LogP contribution in [0.2, 0.25) is 0 Å². The van der Waals surface area contributed by atoms with Crippen molar-refractivity contribution in [3.8, 4) is 0 Å². The largest absolute Gasteiger partial charge is 0.480 e. The first-order valence-corrected chi connectivity index (χ1v) is 15.7. The second-order valence-electron chi connectivity index (χ2n) is 11.9. The van der Waals surface area contributed by atoms with Crippen LogP contribution in [0.4, 0.5) is 17.1 Å². The zero-order valence-electron chi connectivity index (χ0n) is 26.3. The number of aliphatic carboxylic acids is 1. The highest BCUT2D eigenvalue weighted by molar-refractivity contribution is 6.12. The van der Waals surface area contributed by atoms with E-state index in [0.717, 1.165) is 30.2 Å². The molecule has 1 heterocycles. The maximum Gasteiger partial charge on any atom is 0.322 e. The second kappa shape index (κ2) is 14.2. The Morgan fingerprint density at radius 3 is 2.08 bits per heavy atom. The van der Waals surface area contributed by atoms with Crippen LogP contribution < -0.4 is 27.0 Å². The zero-order valence-corrected chi connectivity index (χ0v) is 26.3. The minimum atomic E-state index is -1.17. The highest BCUT2D eigenvalue weighted by atomic mass is 16.4. The zero-order chi connectivity index (χ0) is 34.5. The maximum atomic E-state index is 13.5. The molecule has 1 aliphatic rings. The lowest BCUT2D eigenvalue weighted by Crippen LogP contribution is -2.43. The first-order chi connectivity index (χ1) is 23.6. The Morgan fingerprint density at radius 2 is 1.37 bits per heavy atom. The van der Waals surface area contributed by atoms with E-state index in [9.17, 15) is 24.0 Å². The molecule has 4 amide bonds. The van der Waals surface area contributed by atoms with E-state index in [4.69, 9.17) is 10.8 Å². The third-order valence-electron chi connectivity index (χ3n) is 8.26. The Labute approximate surface area is 281 Å². The standard InChI is InChI=1S/C37H34N6O6/c38-30(36(48)39-20-33(44)45)14-21-8-11-27(12-9-21)40-34(46)25-15-26(35(47)41-28-13-10-22-5-3-6-23(22)16-28)18-29(17-25)42-37(49)32-19-24-4-1-2-7-31(24)43-32/h1-2,4,7-13,15-19,30,43H,3,5-6,14,20,38H2,(H,39,48)(H,40,46)(H,41,47)(H,42,49)(H,44,45). The van der Waals surface area contributed by atoms with E-state index in [1.54, 1.807) is 30.3 Å². The SMILES string of the molecule is NC(Cc1ccc(NC(=O)c2cc(NC(=O)c3cc4ccccc4[nH]3)cc(C(=O)Nc3ccc4c(c3)CCC4)c2)cc1)C(=O)NCC(=O)O. The van der Waals surface area contributed by atoms with E-state index in [1.165, 1.54) is 29.3 Å². The minimum absolute atomic E-state index is 0.134. The molecule has 1 unspecified atom stereocenters. The van der Waals surface area contributed by atoms with Crippen molar-refractivity contribution < 1.29 is 29.1 Å². The van der Waals surface area contributed by atoms with Crippen molar-refractivity contribution in [3.05, 3.63) is 125 Å². The number of carbonyl (C=O) groups excluding carboxylic acids is 4. The van der Waals surface area contributed by atoms with Crippen LogP contribution in [0.3, 0.4) is 0 Å². The Bertz CT molecular complexity index is 2050. The summed E-state index contributed by atoms with van der Waals surface area (Å²) in [5.74, 6) is -3.17. The third kappa shape index (κ3) is 8.00. The van der Waals surface area contributed by atoms with Crippen molar-refractivity contribution >= 4 is 57.6 Å². The van der Waals surface area contributed by atoms with Crippen molar-refractivity contribution in [1.29, 1.82) is 0 Å². The molecular formula is C37H34N6O6. The molecule has 8 N–H and O–H groups in total. The van der Waals surface area contributed by atoms with E-state index in [-0.39, 0.29) is 23.2 Å². The first kappa shape index (κ1) is 32.7. The summed E-state index contributed by atoms with van der Waals surface area (Å²) < 4.78 is 0. The molecule has 4 aromatic carbocycles. The van der Waals surface area contributed by atoms with E-state index < -0.39 is 42.2 Å². The van der Waals surface area contributed by atoms with Gasteiger partial charge in [-0.25, -0.2) is 0 Å². The number of fused-ring (bicyclic) bond motifs is 2. The number of carboxylic acid groups (broad SMARTS) is 1. The van der Waals surface area contributed by atoms with Crippen LogP contribution in [0.5, 0.6) is 0 Å². The molecular weight excluding hydrogens is 624 g/mol. The number of carboxylic acids is 1. The molecule has 1 aliphatic carbocycles. The number of carbonyl (C=O) groups is 5. The normalized spacial score (nSPS) is 12.5. The van der Waals surface area contributed by atoms with Gasteiger partial charge < -0.3 is 37.1 Å². The van der Waals surface area contributed by atoms with E-state index in [1.807, 2.05) is 42.5 Å². The first-order valence-electron chi connectivity index (χ1n) is 15.7. The number of nitrogens with two attached hydrogens (primary N) is 1. The van der Waals surface area contributed by atoms with Gasteiger partial charge in [-0.2, -0.15) is 0 Å². The van der Waals surface area contributed by atoms with Crippen LogP contribution >= 0.6 is 0 Å². The Hall–Kier alpha value is -6.27. The highest BCUT2D eigenvalue weighted by Crippen LogP contribution is 2.26. The summed E-state index contributed by atoms with van der Waals surface area (Å²) in [7, 11) is 0. The van der Waals surface area contributed by atoms with E-state index in [0.29, 0.717) is 22.6 Å². The fourth-order valence-electron chi connectivity index (χ4n) is 5.78. The van der Waals surface area contributed by atoms with Gasteiger partial charge in [0.2, 0.25) is 5.91 Å². The van der Waals surface area contributed by atoms with Crippen LogP contribution in [0.25, 0.3) is 10.9 Å². The molecule has 12 heteroatoms.